The van der Waals surface area contributed by atoms with Gasteiger partial charge in [-0.05, 0) is 12.8 Å². The van der Waals surface area contributed by atoms with Crippen LogP contribution in [0.4, 0.5) is 0 Å². The van der Waals surface area contributed by atoms with E-state index < -0.39 is 5.97 Å². The number of allylic oxidation sites excluding steroid dienone is 1. The van der Waals surface area contributed by atoms with Crippen molar-refractivity contribution in [1.82, 2.24) is 0 Å². The number of carbonyl (C=O) groups is 3. The van der Waals surface area contributed by atoms with Crippen LogP contribution in [0.15, 0.2) is 12.7 Å². The van der Waals surface area contributed by atoms with E-state index in [2.05, 4.69) is 11.3 Å². The van der Waals surface area contributed by atoms with Crippen LogP contribution in [0.25, 0.3) is 0 Å². The SMILES string of the molecule is C=CCCC(=O)O.O=COCC1CCC(=O)O1.OO. The fourth-order valence-electron chi connectivity index (χ4n) is 1.07. The summed E-state index contributed by atoms with van der Waals surface area (Å²) >= 11 is 0. The maximum atomic E-state index is 10.5. The monoisotopic (exact) mass is 278 g/mol. The molecule has 0 bridgehead atoms. The van der Waals surface area contributed by atoms with Crippen molar-refractivity contribution in [3.05, 3.63) is 12.7 Å². The third-order valence-corrected chi connectivity index (χ3v) is 1.88. The number of aliphatic carboxylic acids is 1. The molecule has 8 nitrogen and oxygen atoms in total. The van der Waals surface area contributed by atoms with E-state index in [1.807, 2.05) is 0 Å². The molecule has 1 atom stereocenters. The lowest BCUT2D eigenvalue weighted by Gasteiger charge is -2.05. The summed E-state index contributed by atoms with van der Waals surface area (Å²) in [7, 11) is 0. The van der Waals surface area contributed by atoms with Gasteiger partial charge in [0.1, 0.15) is 12.7 Å². The minimum Gasteiger partial charge on any atom is -0.481 e. The lowest BCUT2D eigenvalue weighted by molar-refractivity contribution is -0.176. The van der Waals surface area contributed by atoms with Gasteiger partial charge in [-0.2, -0.15) is 0 Å². The number of cyclic esters (lactones) is 1. The van der Waals surface area contributed by atoms with Gasteiger partial charge in [-0.1, -0.05) is 6.08 Å². The number of hydrogen-bond acceptors (Lipinski definition) is 7. The van der Waals surface area contributed by atoms with Gasteiger partial charge < -0.3 is 14.6 Å². The molecule has 0 amide bonds. The number of carboxylic acid groups (broad SMARTS) is 1. The number of hydrogen-bond donors (Lipinski definition) is 3. The highest BCUT2D eigenvalue weighted by atomic mass is 17.0. The van der Waals surface area contributed by atoms with Crippen molar-refractivity contribution >= 4 is 18.4 Å². The highest BCUT2D eigenvalue weighted by Gasteiger charge is 2.23. The van der Waals surface area contributed by atoms with Gasteiger partial charge >= 0.3 is 11.9 Å². The third-order valence-electron chi connectivity index (χ3n) is 1.88. The lowest BCUT2D eigenvalue weighted by Crippen LogP contribution is -2.14. The normalized spacial score (nSPS) is 15.9. The van der Waals surface area contributed by atoms with Crippen LogP contribution < -0.4 is 0 Å². The highest BCUT2D eigenvalue weighted by Crippen LogP contribution is 2.12. The Hall–Kier alpha value is -1.93. The topological polar surface area (TPSA) is 130 Å². The standard InChI is InChI=1S/C6H8O4.C5H8O2.H2O2/c7-4-9-3-5-1-2-6(8)10-5;1-2-3-4-5(6)7;1-2/h4-5H,1-3H2;2H,1,3-4H2,(H,6,7);1-2H. The minimum absolute atomic E-state index is 0.190. The lowest BCUT2D eigenvalue weighted by atomic mass is 10.2. The van der Waals surface area contributed by atoms with Gasteiger partial charge in [0.15, 0.2) is 0 Å². The summed E-state index contributed by atoms with van der Waals surface area (Å²) in [5.74, 6) is -0.973. The molecule has 110 valence electrons. The molecular weight excluding hydrogens is 260 g/mol. The molecule has 19 heavy (non-hydrogen) atoms. The maximum absolute atomic E-state index is 10.5. The summed E-state index contributed by atoms with van der Waals surface area (Å²) in [4.78, 5) is 29.8. The van der Waals surface area contributed by atoms with Gasteiger partial charge in [-0.25, -0.2) is 0 Å². The van der Waals surface area contributed by atoms with E-state index >= 15 is 0 Å². The van der Waals surface area contributed by atoms with E-state index in [0.717, 1.165) is 0 Å². The van der Waals surface area contributed by atoms with Crippen molar-refractivity contribution in [2.24, 2.45) is 0 Å². The molecule has 1 saturated heterocycles. The van der Waals surface area contributed by atoms with Crippen molar-refractivity contribution in [1.29, 1.82) is 0 Å². The molecular formula is C11H18O8. The molecule has 0 saturated carbocycles. The Morgan fingerprint density at radius 2 is 2.16 bits per heavy atom. The Morgan fingerprint density at radius 1 is 1.53 bits per heavy atom. The predicted molar refractivity (Wildman–Crippen MR) is 63.5 cm³/mol. The average molecular weight is 278 g/mol. The molecule has 0 spiro atoms. The molecule has 0 aromatic carbocycles. The van der Waals surface area contributed by atoms with Crippen LogP contribution in [0, 0.1) is 0 Å². The first kappa shape index (κ1) is 19.4. The van der Waals surface area contributed by atoms with Crippen molar-refractivity contribution < 1.29 is 39.5 Å². The minimum atomic E-state index is -0.764. The van der Waals surface area contributed by atoms with Crippen molar-refractivity contribution in [3.8, 4) is 0 Å². The summed E-state index contributed by atoms with van der Waals surface area (Å²) in [6.07, 6.45) is 3.24. The number of carbonyl (C=O) groups excluding carboxylic acids is 2. The first-order chi connectivity index (χ1) is 9.10. The largest absolute Gasteiger partial charge is 0.481 e. The Labute approximate surface area is 110 Å². The molecule has 3 N–H and O–H groups in total. The van der Waals surface area contributed by atoms with Crippen LogP contribution in [-0.2, 0) is 23.9 Å². The summed E-state index contributed by atoms with van der Waals surface area (Å²) < 4.78 is 9.15. The van der Waals surface area contributed by atoms with Gasteiger partial charge in [0.05, 0.1) is 0 Å². The van der Waals surface area contributed by atoms with Crippen molar-refractivity contribution in [2.45, 2.75) is 31.8 Å². The Bertz CT molecular complexity index is 276. The second-order valence-corrected chi connectivity index (χ2v) is 3.30. The van der Waals surface area contributed by atoms with Crippen LogP contribution in [0.5, 0.6) is 0 Å². The zero-order valence-corrected chi connectivity index (χ0v) is 10.4. The smallest absolute Gasteiger partial charge is 0.306 e. The van der Waals surface area contributed by atoms with E-state index in [1.165, 1.54) is 0 Å². The highest BCUT2D eigenvalue weighted by molar-refractivity contribution is 5.71. The zero-order valence-electron chi connectivity index (χ0n) is 10.4. The van der Waals surface area contributed by atoms with E-state index in [0.29, 0.717) is 25.7 Å². The van der Waals surface area contributed by atoms with Gasteiger partial charge in [0, 0.05) is 12.8 Å². The van der Waals surface area contributed by atoms with Gasteiger partial charge in [-0.15, -0.1) is 6.58 Å². The molecule has 1 aliphatic heterocycles. The number of carboxylic acids is 1. The summed E-state index contributed by atoms with van der Waals surface area (Å²) in [6, 6.07) is 0. The first-order valence-electron chi connectivity index (χ1n) is 5.37. The predicted octanol–water partition coefficient (Wildman–Crippen LogP) is 0.920. The van der Waals surface area contributed by atoms with E-state index in [1.54, 1.807) is 6.08 Å². The van der Waals surface area contributed by atoms with E-state index in [-0.39, 0.29) is 25.1 Å². The Balaban J connectivity index is 0. The molecule has 0 aromatic rings. The third kappa shape index (κ3) is 14.0. The molecule has 1 rings (SSSR count). The second-order valence-electron chi connectivity index (χ2n) is 3.30. The molecule has 1 aliphatic rings. The second kappa shape index (κ2) is 14.1. The molecule has 0 radical (unpaired) electrons. The molecule has 8 heteroatoms. The fraction of sp³-hybridized carbons (Fsp3) is 0.545. The van der Waals surface area contributed by atoms with Gasteiger partial charge in [0.2, 0.25) is 0 Å². The molecule has 1 heterocycles. The van der Waals surface area contributed by atoms with E-state index in [9.17, 15) is 14.4 Å². The number of ether oxygens (including phenoxy) is 2. The Morgan fingerprint density at radius 3 is 2.47 bits per heavy atom. The molecule has 1 fully saturated rings. The summed E-state index contributed by atoms with van der Waals surface area (Å²) in [5, 5.41) is 20.0. The summed E-state index contributed by atoms with van der Waals surface area (Å²) in [6.45, 7) is 3.91. The zero-order chi connectivity index (χ0) is 15.1. The molecule has 1 unspecified atom stereocenters. The number of rotatable bonds is 6. The van der Waals surface area contributed by atoms with Crippen LogP contribution in [-0.4, -0.2) is 46.7 Å². The first-order valence-corrected chi connectivity index (χ1v) is 5.37. The van der Waals surface area contributed by atoms with Crippen molar-refractivity contribution in [2.75, 3.05) is 6.61 Å². The fourth-order valence-corrected chi connectivity index (χ4v) is 1.07. The average Bonchev–Trinajstić information content (AvgIpc) is 2.83. The molecule has 0 aliphatic carbocycles. The van der Waals surface area contributed by atoms with Gasteiger partial charge in [0.25, 0.3) is 6.47 Å². The van der Waals surface area contributed by atoms with Crippen LogP contribution in [0.2, 0.25) is 0 Å². The van der Waals surface area contributed by atoms with E-state index in [4.69, 9.17) is 20.4 Å². The maximum Gasteiger partial charge on any atom is 0.306 e. The quantitative estimate of drug-likeness (QED) is 0.215. The van der Waals surface area contributed by atoms with Crippen LogP contribution >= 0.6 is 0 Å². The van der Waals surface area contributed by atoms with Crippen LogP contribution in [0.3, 0.4) is 0 Å². The summed E-state index contributed by atoms with van der Waals surface area (Å²) in [5.41, 5.74) is 0. The van der Waals surface area contributed by atoms with Crippen LogP contribution in [0.1, 0.15) is 25.7 Å². The Kier molecular flexibility index (Phi) is 14.4. The number of esters is 1. The molecule has 0 aromatic heterocycles. The van der Waals surface area contributed by atoms with Crippen molar-refractivity contribution in [3.63, 3.8) is 0 Å². The van der Waals surface area contributed by atoms with Gasteiger partial charge in [-0.3, -0.25) is 24.9 Å².